The third-order valence-corrected chi connectivity index (χ3v) is 3.94. The SMILES string of the molecule is Nc1nc(O)c(C2=Nc3c(Cl)cc(Cl)cc3C2=O)s1. The van der Waals surface area contributed by atoms with Crippen molar-refractivity contribution in [3.05, 3.63) is 32.6 Å². The van der Waals surface area contributed by atoms with Crippen LogP contribution in [0.4, 0.5) is 10.8 Å². The van der Waals surface area contributed by atoms with E-state index in [0.717, 1.165) is 11.3 Å². The largest absolute Gasteiger partial charge is 0.492 e. The van der Waals surface area contributed by atoms with Gasteiger partial charge in [-0.15, -0.1) is 0 Å². The van der Waals surface area contributed by atoms with Crippen molar-refractivity contribution in [3.63, 3.8) is 0 Å². The highest BCUT2D eigenvalue weighted by Gasteiger charge is 2.31. The Kier molecular flexibility index (Phi) is 2.74. The van der Waals surface area contributed by atoms with Gasteiger partial charge in [0.25, 0.3) is 0 Å². The van der Waals surface area contributed by atoms with Crippen LogP contribution in [0.25, 0.3) is 0 Å². The number of aromatic hydroxyl groups is 1. The summed E-state index contributed by atoms with van der Waals surface area (Å²) in [6.45, 7) is 0. The molecule has 3 rings (SSSR count). The Morgan fingerprint density at radius 1 is 1.32 bits per heavy atom. The van der Waals surface area contributed by atoms with E-state index >= 15 is 0 Å². The first-order valence-corrected chi connectivity index (χ1v) is 6.62. The number of thiazole rings is 1. The Hall–Kier alpha value is -1.63. The van der Waals surface area contributed by atoms with Crippen LogP contribution in [-0.4, -0.2) is 21.6 Å². The molecule has 1 aliphatic heterocycles. The van der Waals surface area contributed by atoms with Crippen LogP contribution in [0, 0.1) is 0 Å². The lowest BCUT2D eigenvalue weighted by atomic mass is 10.1. The fourth-order valence-corrected chi connectivity index (χ4v) is 3.03. The number of nitrogens with two attached hydrogens (primary N) is 1. The molecule has 0 atom stereocenters. The number of rotatable bonds is 1. The van der Waals surface area contributed by atoms with E-state index in [1.165, 1.54) is 12.1 Å². The molecule has 0 saturated carbocycles. The molecule has 0 bridgehead atoms. The Morgan fingerprint density at radius 3 is 2.68 bits per heavy atom. The number of hydrogen-bond donors (Lipinski definition) is 2. The first kappa shape index (κ1) is 12.4. The van der Waals surface area contributed by atoms with Gasteiger partial charge in [-0.2, -0.15) is 4.98 Å². The fraction of sp³-hybridized carbons (Fsp3) is 0. The van der Waals surface area contributed by atoms with Crippen LogP contribution < -0.4 is 5.73 Å². The predicted octanol–water partition coefficient (Wildman–Crippen LogP) is 3.05. The predicted molar refractivity (Wildman–Crippen MR) is 75.2 cm³/mol. The molecule has 0 radical (unpaired) electrons. The second-order valence-electron chi connectivity index (χ2n) is 3.78. The second-order valence-corrected chi connectivity index (χ2v) is 5.65. The number of ketones is 1. The van der Waals surface area contributed by atoms with Gasteiger partial charge in [-0.3, -0.25) is 4.79 Å². The summed E-state index contributed by atoms with van der Waals surface area (Å²) in [4.78, 5) is 20.3. The minimum Gasteiger partial charge on any atom is -0.492 e. The number of anilines is 1. The van der Waals surface area contributed by atoms with E-state index in [4.69, 9.17) is 28.9 Å². The summed E-state index contributed by atoms with van der Waals surface area (Å²) in [5.41, 5.74) is 6.21. The van der Waals surface area contributed by atoms with Gasteiger partial charge < -0.3 is 10.8 Å². The second kappa shape index (κ2) is 4.19. The summed E-state index contributed by atoms with van der Waals surface area (Å²) >= 11 is 12.8. The average Bonchev–Trinajstić information content (AvgIpc) is 2.81. The van der Waals surface area contributed by atoms with Crippen molar-refractivity contribution >= 4 is 56.9 Å². The van der Waals surface area contributed by atoms with Crippen LogP contribution in [0.3, 0.4) is 0 Å². The van der Waals surface area contributed by atoms with Gasteiger partial charge in [0.1, 0.15) is 10.6 Å². The molecule has 19 heavy (non-hydrogen) atoms. The van der Waals surface area contributed by atoms with Crippen LogP contribution in [0.1, 0.15) is 15.2 Å². The lowest BCUT2D eigenvalue weighted by molar-refractivity contribution is 0.107. The molecule has 3 N–H and O–H groups in total. The number of hydrogen-bond acceptors (Lipinski definition) is 6. The minimum absolute atomic E-state index is 0.0749. The zero-order valence-corrected chi connectivity index (χ0v) is 11.5. The monoisotopic (exact) mass is 313 g/mol. The molecule has 5 nitrogen and oxygen atoms in total. The lowest BCUT2D eigenvalue weighted by Crippen LogP contribution is -2.09. The fourth-order valence-electron chi connectivity index (χ4n) is 1.78. The first-order chi connectivity index (χ1) is 8.97. The highest BCUT2D eigenvalue weighted by molar-refractivity contribution is 7.18. The van der Waals surface area contributed by atoms with Gasteiger partial charge in [-0.1, -0.05) is 34.5 Å². The minimum atomic E-state index is -0.363. The van der Waals surface area contributed by atoms with Crippen LogP contribution >= 0.6 is 34.5 Å². The molecule has 0 aliphatic carbocycles. The van der Waals surface area contributed by atoms with Crippen molar-refractivity contribution in [1.82, 2.24) is 4.98 Å². The molecule has 1 aromatic carbocycles. The van der Waals surface area contributed by atoms with Crippen molar-refractivity contribution in [2.24, 2.45) is 4.99 Å². The third-order valence-electron chi connectivity index (χ3n) is 2.55. The maximum absolute atomic E-state index is 12.2. The number of benzene rings is 1. The summed E-state index contributed by atoms with van der Waals surface area (Å²) in [5, 5.41) is 10.4. The average molecular weight is 314 g/mol. The summed E-state index contributed by atoms with van der Waals surface area (Å²) < 4.78 is 0. The number of aromatic nitrogens is 1. The molecule has 0 spiro atoms. The molecule has 2 aromatic rings. The molecule has 2 heterocycles. The van der Waals surface area contributed by atoms with Crippen molar-refractivity contribution < 1.29 is 9.90 Å². The van der Waals surface area contributed by atoms with Crippen molar-refractivity contribution in [1.29, 1.82) is 0 Å². The molecule has 1 aliphatic rings. The van der Waals surface area contributed by atoms with Gasteiger partial charge in [-0.05, 0) is 12.1 Å². The molecule has 1 aromatic heterocycles. The summed E-state index contributed by atoms with van der Waals surface area (Å²) in [6.07, 6.45) is 0. The Bertz CT molecular complexity index is 755. The van der Waals surface area contributed by atoms with Crippen LogP contribution in [0.2, 0.25) is 10.0 Å². The van der Waals surface area contributed by atoms with E-state index in [-0.39, 0.29) is 32.4 Å². The van der Waals surface area contributed by atoms with E-state index in [1.54, 1.807) is 0 Å². The smallest absolute Gasteiger partial charge is 0.233 e. The van der Waals surface area contributed by atoms with Crippen molar-refractivity contribution in [3.8, 4) is 5.88 Å². The number of aliphatic imine (C=N–C) groups is 1. The molecule has 0 fully saturated rings. The number of carbonyl (C=O) groups excluding carboxylic acids is 1. The summed E-state index contributed by atoms with van der Waals surface area (Å²) in [7, 11) is 0. The van der Waals surface area contributed by atoms with Crippen molar-refractivity contribution in [2.75, 3.05) is 5.73 Å². The molecular weight excluding hydrogens is 309 g/mol. The van der Waals surface area contributed by atoms with E-state index in [1.807, 2.05) is 0 Å². The Balaban J connectivity index is 2.18. The normalized spacial score (nSPS) is 13.6. The molecule has 0 unspecified atom stereocenters. The van der Waals surface area contributed by atoms with Gasteiger partial charge in [0.2, 0.25) is 11.7 Å². The van der Waals surface area contributed by atoms with Crippen LogP contribution in [0.15, 0.2) is 17.1 Å². The maximum atomic E-state index is 12.2. The third kappa shape index (κ3) is 1.88. The standard InChI is InChI=1S/C11H5Cl2N3O2S/c12-3-1-4-6(5(13)2-3)15-7(8(4)17)9-10(18)16-11(14)19-9/h1-2,18H,(H2,14,16). The number of fused-ring (bicyclic) bond motifs is 1. The van der Waals surface area contributed by atoms with E-state index in [9.17, 15) is 9.90 Å². The molecular formula is C11H5Cl2N3O2S. The van der Waals surface area contributed by atoms with Gasteiger partial charge in [-0.25, -0.2) is 4.99 Å². The zero-order valence-electron chi connectivity index (χ0n) is 9.15. The summed E-state index contributed by atoms with van der Waals surface area (Å²) in [6, 6.07) is 2.99. The number of nitrogen functional groups attached to an aromatic ring is 1. The summed E-state index contributed by atoms with van der Waals surface area (Å²) in [5.74, 6) is -0.678. The molecule has 0 amide bonds. The maximum Gasteiger partial charge on any atom is 0.233 e. The lowest BCUT2D eigenvalue weighted by Gasteiger charge is -1.99. The molecule has 0 saturated heterocycles. The molecule has 96 valence electrons. The highest BCUT2D eigenvalue weighted by atomic mass is 35.5. The van der Waals surface area contributed by atoms with E-state index in [2.05, 4.69) is 9.98 Å². The molecule has 8 heteroatoms. The Morgan fingerprint density at radius 2 is 2.05 bits per heavy atom. The number of Topliss-reactive ketones (excluding diaryl/α,β-unsaturated/α-hetero) is 1. The zero-order chi connectivity index (χ0) is 13.7. The van der Waals surface area contributed by atoms with Gasteiger partial charge in [0.05, 0.1) is 16.3 Å². The van der Waals surface area contributed by atoms with Gasteiger partial charge in [0.15, 0.2) is 5.13 Å². The van der Waals surface area contributed by atoms with E-state index < -0.39 is 0 Å². The van der Waals surface area contributed by atoms with Crippen LogP contribution in [-0.2, 0) is 0 Å². The Labute approximate surface area is 121 Å². The highest BCUT2D eigenvalue weighted by Crippen LogP contribution is 2.40. The quantitative estimate of drug-likeness (QED) is 0.846. The van der Waals surface area contributed by atoms with E-state index in [0.29, 0.717) is 16.3 Å². The van der Waals surface area contributed by atoms with Crippen molar-refractivity contribution in [2.45, 2.75) is 0 Å². The van der Waals surface area contributed by atoms with Gasteiger partial charge in [0, 0.05) is 5.02 Å². The number of halogens is 2. The van der Waals surface area contributed by atoms with Crippen LogP contribution in [0.5, 0.6) is 5.88 Å². The number of nitrogens with zero attached hydrogens (tertiary/aromatic N) is 2. The first-order valence-electron chi connectivity index (χ1n) is 5.05. The van der Waals surface area contributed by atoms with Gasteiger partial charge >= 0.3 is 0 Å². The number of carbonyl (C=O) groups is 1. The topological polar surface area (TPSA) is 88.6 Å².